The molecule has 0 rings (SSSR count). The Kier molecular flexibility index (Phi) is 2.75. The molecule has 2 N–H and O–H groups in total. The van der Waals surface area contributed by atoms with E-state index in [0.29, 0.717) is 6.26 Å². The minimum absolute atomic E-state index is 0.681. The predicted molar refractivity (Wildman–Crippen MR) is 34.7 cm³/mol. The van der Waals surface area contributed by atoms with Crippen molar-refractivity contribution in [3.05, 3.63) is 0 Å². The maximum atomic E-state index is 10.1. The molecular weight excluding hydrogens is 187 g/mol. The second-order valence-corrected chi connectivity index (χ2v) is 5.68. The summed E-state index contributed by atoms with van der Waals surface area (Å²) in [6, 6.07) is 0. The van der Waals surface area contributed by atoms with Gasteiger partial charge in [0.2, 0.25) is 0 Å². The minimum Gasteiger partial charge on any atom is -0.324 e. The Balaban J connectivity index is 4.26. The van der Waals surface area contributed by atoms with Crippen molar-refractivity contribution >= 4 is 28.6 Å². The van der Waals surface area contributed by atoms with Crippen LogP contribution in [0, 0.1) is 0 Å². The fourth-order valence-corrected chi connectivity index (χ4v) is 2.58. The maximum absolute atomic E-state index is 10.1. The molecule has 0 spiro atoms. The lowest BCUT2D eigenvalue weighted by Crippen LogP contribution is -1.99. The zero-order chi connectivity index (χ0) is 7.71. The van der Waals surface area contributed by atoms with Gasteiger partial charge >= 0.3 is 6.72 Å². The fraction of sp³-hybridized carbons (Fsp3) is 1.00. The molecule has 0 aliphatic carbocycles. The van der Waals surface area contributed by atoms with Crippen molar-refractivity contribution in [1.29, 1.82) is 0 Å². The molecule has 9 heavy (non-hydrogen) atoms. The van der Waals surface area contributed by atoms with Crippen molar-refractivity contribution in [2.75, 3.05) is 6.26 Å². The Labute approximate surface area is 57.7 Å². The van der Waals surface area contributed by atoms with E-state index in [1.54, 1.807) is 0 Å². The second-order valence-electron chi connectivity index (χ2n) is 1.27. The maximum Gasteiger partial charge on any atom is 0.336 e. The van der Waals surface area contributed by atoms with Crippen molar-refractivity contribution in [3.63, 3.8) is 0 Å². The molecule has 0 amide bonds. The Hall–Kier alpha value is 0.480. The molecule has 0 aliphatic rings. The van der Waals surface area contributed by atoms with Crippen molar-refractivity contribution in [2.24, 2.45) is 0 Å². The van der Waals surface area contributed by atoms with Crippen LogP contribution in [0.1, 0.15) is 0 Å². The number of hydrogen-bond acceptors (Lipinski definition) is 4. The van der Waals surface area contributed by atoms with Crippen molar-refractivity contribution < 1.29 is 22.2 Å². The zero-order valence-electron chi connectivity index (χ0n) is 4.38. The highest BCUT2D eigenvalue weighted by atomic mass is 32.5. The van der Waals surface area contributed by atoms with E-state index in [-0.39, 0.29) is 0 Å². The summed E-state index contributed by atoms with van der Waals surface area (Å²) in [6.45, 7) is -4.04. The molecule has 0 heterocycles. The Bertz CT molecular complexity index is 221. The smallest absolute Gasteiger partial charge is 0.324 e. The molecule has 0 aliphatic heterocycles. The molecule has 0 bridgehead atoms. The SMILES string of the molecule is CS(=O)(=O)OP(O)(O)=S. The summed E-state index contributed by atoms with van der Waals surface area (Å²) in [4.78, 5) is 16.5. The lowest BCUT2D eigenvalue weighted by molar-refractivity contribution is 0.370. The van der Waals surface area contributed by atoms with Gasteiger partial charge in [0.25, 0.3) is 10.1 Å². The van der Waals surface area contributed by atoms with Crippen LogP contribution in [0.5, 0.6) is 0 Å². The molecular formula is CH5O5PS2. The van der Waals surface area contributed by atoms with Gasteiger partial charge in [0.15, 0.2) is 0 Å². The van der Waals surface area contributed by atoms with Crippen LogP contribution in [0.25, 0.3) is 0 Å². The first-order valence-corrected chi connectivity index (χ1v) is 6.12. The highest BCUT2D eigenvalue weighted by Crippen LogP contribution is 2.37. The first kappa shape index (κ1) is 9.48. The highest BCUT2D eigenvalue weighted by Gasteiger charge is 2.15. The van der Waals surface area contributed by atoms with Crippen LogP contribution < -0.4 is 0 Å². The summed E-state index contributed by atoms with van der Waals surface area (Å²) in [5.41, 5.74) is 0. The molecule has 5 nitrogen and oxygen atoms in total. The number of hydrogen-bond donors (Lipinski definition) is 2. The van der Waals surface area contributed by atoms with Gasteiger partial charge in [-0.1, -0.05) is 0 Å². The third-order valence-corrected chi connectivity index (χ3v) is 2.64. The standard InChI is InChI=1S/CH5O5PS2/c1-9(4,5)6-7(2,3)8/h1H3,(H2,2,3,8). The monoisotopic (exact) mass is 192 g/mol. The quantitative estimate of drug-likeness (QED) is 0.555. The van der Waals surface area contributed by atoms with E-state index in [4.69, 9.17) is 9.79 Å². The van der Waals surface area contributed by atoms with E-state index in [1.807, 2.05) is 0 Å². The van der Waals surface area contributed by atoms with Gasteiger partial charge < -0.3 is 9.79 Å². The van der Waals surface area contributed by atoms with E-state index in [9.17, 15) is 8.42 Å². The van der Waals surface area contributed by atoms with Crippen molar-refractivity contribution in [2.45, 2.75) is 0 Å². The second kappa shape index (κ2) is 2.61. The number of rotatable bonds is 2. The van der Waals surface area contributed by atoms with Crippen LogP contribution in [0.15, 0.2) is 0 Å². The van der Waals surface area contributed by atoms with Crippen LogP contribution in [-0.4, -0.2) is 24.5 Å². The largest absolute Gasteiger partial charge is 0.336 e. The van der Waals surface area contributed by atoms with Crippen LogP contribution >= 0.6 is 6.72 Å². The molecule has 0 saturated carbocycles. The molecule has 0 unspecified atom stereocenters. The van der Waals surface area contributed by atoms with Gasteiger partial charge in [-0.15, -0.1) is 0 Å². The van der Waals surface area contributed by atoms with Gasteiger partial charge in [-0.3, -0.25) is 0 Å². The first-order valence-electron chi connectivity index (χ1n) is 1.67. The molecule has 0 radical (unpaired) electrons. The normalized spacial score (nSPS) is 13.7. The van der Waals surface area contributed by atoms with E-state index < -0.39 is 16.8 Å². The Morgan fingerprint density at radius 3 is 1.89 bits per heavy atom. The lowest BCUT2D eigenvalue weighted by Gasteiger charge is -2.03. The molecule has 0 atom stereocenters. The van der Waals surface area contributed by atoms with Crippen LogP contribution in [-0.2, 0) is 25.9 Å². The predicted octanol–water partition coefficient (Wildman–Crippen LogP) is -0.828. The van der Waals surface area contributed by atoms with E-state index in [1.165, 1.54) is 0 Å². The molecule has 8 heteroatoms. The first-order chi connectivity index (χ1) is 3.71. The summed E-state index contributed by atoms with van der Waals surface area (Å²) < 4.78 is 23.8. The zero-order valence-corrected chi connectivity index (χ0v) is 6.91. The Morgan fingerprint density at radius 2 is 1.89 bits per heavy atom. The highest BCUT2D eigenvalue weighted by molar-refractivity contribution is 8.10. The average Bonchev–Trinajstić information content (AvgIpc) is 1.14. The van der Waals surface area contributed by atoms with Gasteiger partial charge in [-0.25, -0.2) is 0 Å². The Morgan fingerprint density at radius 1 is 1.56 bits per heavy atom. The average molecular weight is 192 g/mol. The summed E-state index contributed by atoms with van der Waals surface area (Å²) in [5, 5.41) is 0. The van der Waals surface area contributed by atoms with E-state index in [0.717, 1.165) is 0 Å². The molecule has 0 saturated heterocycles. The lowest BCUT2D eigenvalue weighted by atomic mass is 12.0. The third-order valence-electron chi connectivity index (χ3n) is 0.232. The van der Waals surface area contributed by atoms with Crippen LogP contribution in [0.3, 0.4) is 0 Å². The van der Waals surface area contributed by atoms with E-state index in [2.05, 4.69) is 15.8 Å². The fourth-order valence-electron chi connectivity index (χ4n) is 0.176. The topological polar surface area (TPSA) is 83.8 Å². The molecule has 0 aromatic rings. The molecule has 0 aromatic carbocycles. The van der Waals surface area contributed by atoms with E-state index >= 15 is 0 Å². The third kappa shape index (κ3) is 8.48. The van der Waals surface area contributed by atoms with Gasteiger partial charge in [-0.05, 0) is 11.8 Å². The summed E-state index contributed by atoms with van der Waals surface area (Å²) in [5.74, 6) is 0. The summed E-state index contributed by atoms with van der Waals surface area (Å²) in [7, 11) is -3.84. The van der Waals surface area contributed by atoms with Gasteiger partial charge in [0, 0.05) is 0 Å². The molecule has 56 valence electrons. The molecule has 0 fully saturated rings. The van der Waals surface area contributed by atoms with Crippen molar-refractivity contribution in [1.82, 2.24) is 0 Å². The van der Waals surface area contributed by atoms with Gasteiger partial charge in [0.1, 0.15) is 0 Å². The van der Waals surface area contributed by atoms with Gasteiger partial charge in [0.05, 0.1) is 6.26 Å². The minimum atomic E-state index is -4.04. The summed E-state index contributed by atoms with van der Waals surface area (Å²) >= 11 is 3.85. The summed E-state index contributed by atoms with van der Waals surface area (Å²) in [6.07, 6.45) is 0.681. The van der Waals surface area contributed by atoms with Gasteiger partial charge in [-0.2, -0.15) is 12.4 Å². The van der Waals surface area contributed by atoms with Crippen LogP contribution in [0.4, 0.5) is 0 Å². The van der Waals surface area contributed by atoms with Crippen LogP contribution in [0.2, 0.25) is 0 Å². The molecule has 0 aromatic heterocycles. The van der Waals surface area contributed by atoms with Crippen molar-refractivity contribution in [3.8, 4) is 0 Å².